The summed E-state index contributed by atoms with van der Waals surface area (Å²) in [7, 11) is -3.43. The molecule has 1 N–H and O–H groups in total. The molecule has 0 amide bonds. The van der Waals surface area contributed by atoms with Gasteiger partial charge in [-0.1, -0.05) is 30.3 Å². The first-order valence-corrected chi connectivity index (χ1v) is 9.71. The van der Waals surface area contributed by atoms with E-state index in [4.69, 9.17) is 4.74 Å². The van der Waals surface area contributed by atoms with E-state index in [1.54, 1.807) is 4.31 Å². The van der Waals surface area contributed by atoms with Gasteiger partial charge in [-0.3, -0.25) is 4.90 Å². The van der Waals surface area contributed by atoms with Crippen molar-refractivity contribution in [1.29, 1.82) is 0 Å². The van der Waals surface area contributed by atoms with Crippen LogP contribution in [-0.2, 0) is 14.9 Å². The molecule has 0 bridgehead atoms. The Labute approximate surface area is 138 Å². The van der Waals surface area contributed by atoms with Crippen molar-refractivity contribution in [2.75, 3.05) is 45.9 Å². The molecule has 7 heteroatoms. The molecule has 1 aromatic rings. The van der Waals surface area contributed by atoms with E-state index >= 15 is 0 Å². The molecule has 0 aromatic heterocycles. The van der Waals surface area contributed by atoms with E-state index in [1.807, 2.05) is 30.3 Å². The zero-order chi connectivity index (χ0) is 16.1. The molecule has 2 aliphatic heterocycles. The number of hydrogen-bond acceptors (Lipinski definition) is 4. The Morgan fingerprint density at radius 2 is 1.70 bits per heavy atom. The van der Waals surface area contributed by atoms with Gasteiger partial charge in [-0.2, -0.15) is 17.4 Å². The number of rotatable bonds is 6. The first-order valence-electron chi connectivity index (χ1n) is 8.27. The average Bonchev–Trinajstić information content (AvgIpc) is 3.11. The van der Waals surface area contributed by atoms with Crippen molar-refractivity contribution in [3.05, 3.63) is 35.9 Å². The summed E-state index contributed by atoms with van der Waals surface area (Å²) in [6.45, 7) is 5.01. The van der Waals surface area contributed by atoms with Crippen molar-refractivity contribution < 1.29 is 13.2 Å². The van der Waals surface area contributed by atoms with Crippen molar-refractivity contribution in [3.8, 4) is 0 Å². The molecule has 128 valence electrons. The van der Waals surface area contributed by atoms with Crippen LogP contribution in [0.4, 0.5) is 0 Å². The summed E-state index contributed by atoms with van der Waals surface area (Å²) in [6, 6.07) is 9.58. The molecular weight excluding hydrogens is 314 g/mol. The summed E-state index contributed by atoms with van der Waals surface area (Å²) in [5, 5.41) is 0. The minimum absolute atomic E-state index is 0.236. The number of nitrogens with zero attached hydrogens (tertiary/aromatic N) is 2. The fraction of sp³-hybridized carbons (Fsp3) is 0.625. The summed E-state index contributed by atoms with van der Waals surface area (Å²) in [5.41, 5.74) is 1.00. The van der Waals surface area contributed by atoms with Crippen LogP contribution in [0.15, 0.2) is 30.3 Å². The lowest BCUT2D eigenvalue weighted by Crippen LogP contribution is -2.46. The monoisotopic (exact) mass is 339 g/mol. The van der Waals surface area contributed by atoms with Crippen LogP contribution in [0.1, 0.15) is 24.4 Å². The highest BCUT2D eigenvalue weighted by Crippen LogP contribution is 2.19. The molecule has 0 saturated carbocycles. The van der Waals surface area contributed by atoms with Crippen LogP contribution >= 0.6 is 0 Å². The number of morpholine rings is 1. The molecular formula is C16H25N3O3S. The highest BCUT2D eigenvalue weighted by Gasteiger charge is 2.29. The molecule has 0 radical (unpaired) electrons. The molecule has 1 atom stereocenters. The zero-order valence-electron chi connectivity index (χ0n) is 13.4. The number of hydrogen-bond donors (Lipinski definition) is 1. The van der Waals surface area contributed by atoms with E-state index in [0.29, 0.717) is 32.8 Å². The van der Waals surface area contributed by atoms with Crippen LogP contribution in [0.25, 0.3) is 0 Å². The van der Waals surface area contributed by atoms with Gasteiger partial charge in [-0.05, 0) is 18.4 Å². The minimum atomic E-state index is -3.43. The van der Waals surface area contributed by atoms with Crippen molar-refractivity contribution in [2.45, 2.75) is 18.9 Å². The Kier molecular flexibility index (Phi) is 5.66. The Balaban J connectivity index is 1.74. The lowest BCUT2D eigenvalue weighted by atomic mass is 10.1. The summed E-state index contributed by atoms with van der Waals surface area (Å²) in [6.07, 6.45) is 1.89. The second kappa shape index (κ2) is 7.72. The topological polar surface area (TPSA) is 61.9 Å². The smallest absolute Gasteiger partial charge is 0.280 e. The maximum Gasteiger partial charge on any atom is 0.280 e. The predicted octanol–water partition coefficient (Wildman–Crippen LogP) is 0.990. The normalized spacial score (nSPS) is 22.3. The third-order valence-corrected chi connectivity index (χ3v) is 6.07. The molecule has 2 saturated heterocycles. The second-order valence-electron chi connectivity index (χ2n) is 6.11. The van der Waals surface area contributed by atoms with Crippen LogP contribution in [0.3, 0.4) is 0 Å². The maximum atomic E-state index is 12.6. The average molecular weight is 339 g/mol. The van der Waals surface area contributed by atoms with Gasteiger partial charge in [0, 0.05) is 32.7 Å². The fourth-order valence-electron chi connectivity index (χ4n) is 3.12. The van der Waals surface area contributed by atoms with Crippen LogP contribution < -0.4 is 4.72 Å². The molecule has 2 heterocycles. The Hall–Kier alpha value is -0.990. The van der Waals surface area contributed by atoms with Crippen molar-refractivity contribution in [1.82, 2.24) is 13.9 Å². The van der Waals surface area contributed by atoms with Gasteiger partial charge >= 0.3 is 0 Å². The number of benzene rings is 1. The molecule has 23 heavy (non-hydrogen) atoms. The van der Waals surface area contributed by atoms with Gasteiger partial charge < -0.3 is 4.74 Å². The van der Waals surface area contributed by atoms with E-state index < -0.39 is 10.2 Å². The zero-order valence-corrected chi connectivity index (χ0v) is 14.2. The Bertz CT molecular complexity index is 582. The van der Waals surface area contributed by atoms with Gasteiger partial charge in [-0.25, -0.2) is 0 Å². The van der Waals surface area contributed by atoms with E-state index in [-0.39, 0.29) is 6.04 Å². The van der Waals surface area contributed by atoms with Crippen molar-refractivity contribution >= 4 is 10.2 Å². The number of ether oxygens (including phenoxy) is 1. The molecule has 6 nitrogen and oxygen atoms in total. The largest absolute Gasteiger partial charge is 0.379 e. The first-order chi connectivity index (χ1) is 11.1. The van der Waals surface area contributed by atoms with Gasteiger partial charge in [0.15, 0.2) is 0 Å². The summed E-state index contributed by atoms with van der Waals surface area (Å²) >= 11 is 0. The SMILES string of the molecule is O=S(=O)(N[C@@H](CN1CCOCC1)c1ccccc1)N1CCCC1. The summed E-state index contributed by atoms with van der Waals surface area (Å²) < 4.78 is 35.1. The highest BCUT2D eigenvalue weighted by atomic mass is 32.2. The molecule has 2 aliphatic rings. The second-order valence-corrected chi connectivity index (χ2v) is 7.81. The summed E-state index contributed by atoms with van der Waals surface area (Å²) in [4.78, 5) is 2.26. The van der Waals surface area contributed by atoms with Gasteiger partial charge in [0.1, 0.15) is 0 Å². The van der Waals surface area contributed by atoms with Gasteiger partial charge in [0.2, 0.25) is 0 Å². The molecule has 2 fully saturated rings. The fourth-order valence-corrected chi connectivity index (χ4v) is 4.58. The van der Waals surface area contributed by atoms with Crippen LogP contribution in [0.5, 0.6) is 0 Å². The van der Waals surface area contributed by atoms with E-state index in [2.05, 4.69) is 9.62 Å². The lowest BCUT2D eigenvalue weighted by Gasteiger charge is -2.31. The van der Waals surface area contributed by atoms with Crippen LogP contribution in [0, 0.1) is 0 Å². The lowest BCUT2D eigenvalue weighted by molar-refractivity contribution is 0.0344. The van der Waals surface area contributed by atoms with E-state index in [0.717, 1.165) is 31.5 Å². The Morgan fingerprint density at radius 1 is 1.04 bits per heavy atom. The molecule has 0 spiro atoms. The Morgan fingerprint density at radius 3 is 2.35 bits per heavy atom. The third kappa shape index (κ3) is 4.51. The molecule has 1 aromatic carbocycles. The summed E-state index contributed by atoms with van der Waals surface area (Å²) in [5.74, 6) is 0. The van der Waals surface area contributed by atoms with Gasteiger partial charge in [-0.15, -0.1) is 0 Å². The van der Waals surface area contributed by atoms with Crippen molar-refractivity contribution in [3.63, 3.8) is 0 Å². The molecule has 0 unspecified atom stereocenters. The van der Waals surface area contributed by atoms with E-state index in [1.165, 1.54) is 0 Å². The van der Waals surface area contributed by atoms with E-state index in [9.17, 15) is 8.42 Å². The molecule has 0 aliphatic carbocycles. The highest BCUT2D eigenvalue weighted by molar-refractivity contribution is 7.87. The van der Waals surface area contributed by atoms with Gasteiger partial charge in [0.25, 0.3) is 10.2 Å². The first kappa shape index (κ1) is 16.9. The molecule has 3 rings (SSSR count). The predicted molar refractivity (Wildman–Crippen MR) is 89.3 cm³/mol. The number of nitrogens with one attached hydrogen (secondary N) is 1. The van der Waals surface area contributed by atoms with Crippen molar-refractivity contribution in [2.24, 2.45) is 0 Å². The third-order valence-electron chi connectivity index (χ3n) is 4.44. The quantitative estimate of drug-likeness (QED) is 0.840. The minimum Gasteiger partial charge on any atom is -0.379 e. The van der Waals surface area contributed by atoms with Crippen LogP contribution in [-0.4, -0.2) is 63.6 Å². The van der Waals surface area contributed by atoms with Gasteiger partial charge in [0.05, 0.1) is 19.3 Å². The maximum absolute atomic E-state index is 12.6. The standard InChI is InChI=1S/C16H25N3O3S/c20-23(21,19-8-4-5-9-19)17-16(15-6-2-1-3-7-15)14-18-10-12-22-13-11-18/h1-3,6-7,16-17H,4-5,8-14H2/t16-/m0/s1. The van der Waals surface area contributed by atoms with Crippen LogP contribution in [0.2, 0.25) is 0 Å².